The fraction of sp³-hybridized carbons (Fsp3) is 0.707. The maximum Gasteiger partial charge on any atom is 0.321 e. The molecule has 0 radical (unpaired) electrons. The Labute approximate surface area is 292 Å². The van der Waals surface area contributed by atoms with Gasteiger partial charge in [0.15, 0.2) is 5.78 Å². The molecule has 3 N–H and O–H groups in total. The van der Waals surface area contributed by atoms with Gasteiger partial charge in [0.1, 0.15) is 5.75 Å². The highest BCUT2D eigenvalue weighted by atomic mass is 16.5. The molecule has 2 bridgehead atoms. The van der Waals surface area contributed by atoms with Gasteiger partial charge < -0.3 is 29.9 Å². The van der Waals surface area contributed by atoms with E-state index >= 15 is 0 Å². The summed E-state index contributed by atoms with van der Waals surface area (Å²) in [5.74, 6) is 1.46. The molecule has 8 nitrogen and oxygen atoms in total. The van der Waals surface area contributed by atoms with Crippen molar-refractivity contribution in [1.29, 1.82) is 0 Å². The molecular weight excluding hydrogens is 616 g/mol. The van der Waals surface area contributed by atoms with Crippen LogP contribution in [0.3, 0.4) is 0 Å². The average molecular weight is 675 g/mol. The van der Waals surface area contributed by atoms with Crippen LogP contribution in [0.15, 0.2) is 48.1 Å². The highest BCUT2D eigenvalue weighted by Crippen LogP contribution is 2.78. The van der Waals surface area contributed by atoms with Crippen molar-refractivity contribution >= 4 is 17.5 Å². The van der Waals surface area contributed by atoms with Gasteiger partial charge in [-0.2, -0.15) is 0 Å². The molecule has 1 aromatic carbocycles. The molecule has 7 aliphatic rings. The topological polar surface area (TPSA) is 108 Å². The number of fused-ring (bicyclic) bond motifs is 1. The second-order valence-corrected chi connectivity index (χ2v) is 16.9. The van der Waals surface area contributed by atoms with Crippen molar-refractivity contribution in [2.75, 3.05) is 39.2 Å². The molecule has 0 heterocycles. The Morgan fingerprint density at radius 3 is 2.33 bits per heavy atom. The zero-order valence-electron chi connectivity index (χ0n) is 30.1. The number of amides is 2. The lowest BCUT2D eigenvalue weighted by Gasteiger charge is -2.71. The first-order valence-electron chi connectivity index (χ1n) is 19.0. The predicted octanol–water partition coefficient (Wildman–Crippen LogP) is 7.31. The summed E-state index contributed by atoms with van der Waals surface area (Å²) < 4.78 is 10.6. The SMILES string of the molecule is COCCCN(C[C@]1(O)CC[C@H]2[C@]34C=C[C@@]5(C=C3C(=O)C3CCCCC3)CC(O)CC[C@]5(C)[C@H]4CC[C@@]21C)C(=O)Nc1ccc(OC)cc1. The lowest BCUT2D eigenvalue weighted by molar-refractivity contribution is -0.178. The first-order chi connectivity index (χ1) is 23.5. The third-order valence-electron chi connectivity index (χ3n) is 14.8. The fourth-order valence-corrected chi connectivity index (χ4v) is 12.0. The first kappa shape index (κ1) is 34.8. The van der Waals surface area contributed by atoms with Crippen LogP contribution < -0.4 is 10.1 Å². The molecule has 2 spiro atoms. The number of aliphatic hydroxyl groups is 2. The van der Waals surface area contributed by atoms with Crippen LogP contribution in [0.1, 0.15) is 97.3 Å². The van der Waals surface area contributed by atoms with E-state index in [0.29, 0.717) is 43.9 Å². The van der Waals surface area contributed by atoms with E-state index in [-0.39, 0.29) is 47.3 Å². The van der Waals surface area contributed by atoms with E-state index in [2.05, 4.69) is 37.4 Å². The number of ether oxygens (including phenoxy) is 2. The largest absolute Gasteiger partial charge is 0.497 e. The van der Waals surface area contributed by atoms with Crippen molar-refractivity contribution in [3.63, 3.8) is 0 Å². The Hall–Kier alpha value is -2.68. The van der Waals surface area contributed by atoms with Crippen LogP contribution in [0.5, 0.6) is 5.75 Å². The summed E-state index contributed by atoms with van der Waals surface area (Å²) in [6.07, 6.45) is 18.4. The molecule has 1 aromatic rings. The molecule has 4 fully saturated rings. The van der Waals surface area contributed by atoms with Crippen molar-refractivity contribution in [3.05, 3.63) is 48.1 Å². The number of carbonyl (C=O) groups is 2. The molecule has 1 unspecified atom stereocenters. The minimum Gasteiger partial charge on any atom is -0.497 e. The second kappa shape index (κ2) is 12.8. The van der Waals surface area contributed by atoms with Gasteiger partial charge in [0.25, 0.3) is 0 Å². The zero-order valence-corrected chi connectivity index (χ0v) is 30.1. The van der Waals surface area contributed by atoms with Gasteiger partial charge in [-0.1, -0.05) is 51.3 Å². The van der Waals surface area contributed by atoms with E-state index in [9.17, 15) is 19.8 Å². The number of anilines is 1. The van der Waals surface area contributed by atoms with Crippen LogP contribution in [-0.4, -0.2) is 72.5 Å². The van der Waals surface area contributed by atoms with Crippen LogP contribution in [0.2, 0.25) is 0 Å². The standard InChI is InChI=1S/C41H58N2O6/c1-37-18-15-30(44)25-39(37)21-22-41(32(26-39)35(45)28-9-6-5-7-10-28)33(37)16-19-38(2)34(41)17-20-40(38,47)27-43(23-8-24-48-3)36(46)42-29-11-13-31(49-4)14-12-29/h11-14,21-22,26,28,30,33-34,44,47H,5-10,15-20,23-25,27H2,1-4H3,(H,42,46)/t30?,33-,34-,37-,38+,39+,40-,41-/m1/s1. The number of benzene rings is 1. The lowest BCUT2D eigenvalue weighted by Crippen LogP contribution is -2.67. The van der Waals surface area contributed by atoms with Crippen molar-refractivity contribution in [2.45, 2.75) is 109 Å². The summed E-state index contributed by atoms with van der Waals surface area (Å²) >= 11 is 0. The molecule has 2 amide bonds. The molecular formula is C41H58N2O6. The van der Waals surface area contributed by atoms with Gasteiger partial charge >= 0.3 is 6.03 Å². The number of urea groups is 1. The maximum absolute atomic E-state index is 14.8. The molecule has 0 aliphatic heterocycles. The van der Waals surface area contributed by atoms with Crippen LogP contribution in [0.4, 0.5) is 10.5 Å². The van der Waals surface area contributed by atoms with Crippen LogP contribution >= 0.6 is 0 Å². The van der Waals surface area contributed by atoms with Crippen LogP contribution in [-0.2, 0) is 9.53 Å². The number of carbonyl (C=O) groups excluding carboxylic acids is 2. The molecule has 8 heteroatoms. The number of methoxy groups -OCH3 is 2. The lowest BCUT2D eigenvalue weighted by atomic mass is 9.32. The van der Waals surface area contributed by atoms with Gasteiger partial charge in [0, 0.05) is 53.7 Å². The highest BCUT2D eigenvalue weighted by molar-refractivity contribution is 6.00. The number of aliphatic hydroxyl groups excluding tert-OH is 1. The summed E-state index contributed by atoms with van der Waals surface area (Å²) in [5, 5.41) is 27.0. The normalized spacial score (nSPS) is 39.4. The summed E-state index contributed by atoms with van der Waals surface area (Å²) in [6, 6.07) is 7.06. The summed E-state index contributed by atoms with van der Waals surface area (Å²) in [4.78, 5) is 30.5. The number of rotatable bonds is 10. The first-order valence-corrected chi connectivity index (χ1v) is 19.0. The van der Waals surface area contributed by atoms with Gasteiger partial charge in [-0.05, 0) is 106 Å². The maximum atomic E-state index is 14.8. The van der Waals surface area contributed by atoms with E-state index in [1.54, 1.807) is 19.1 Å². The molecule has 268 valence electrons. The van der Waals surface area contributed by atoms with E-state index < -0.39 is 16.4 Å². The Balaban J connectivity index is 1.23. The number of allylic oxidation sites excluding steroid dienone is 4. The van der Waals surface area contributed by atoms with Crippen LogP contribution in [0.25, 0.3) is 0 Å². The Morgan fingerprint density at radius 1 is 0.918 bits per heavy atom. The number of hydrogen-bond acceptors (Lipinski definition) is 6. The van der Waals surface area contributed by atoms with Gasteiger partial charge in [-0.15, -0.1) is 0 Å². The third-order valence-corrected chi connectivity index (χ3v) is 14.8. The second-order valence-electron chi connectivity index (χ2n) is 16.9. The smallest absolute Gasteiger partial charge is 0.321 e. The van der Waals surface area contributed by atoms with Gasteiger partial charge in [0.05, 0.1) is 25.4 Å². The number of Topliss-reactive ketones (excluding diaryl/α,β-unsaturated/α-hetero) is 1. The Kier molecular flexibility index (Phi) is 9.10. The molecule has 4 saturated carbocycles. The van der Waals surface area contributed by atoms with Crippen molar-refractivity contribution in [2.24, 2.45) is 39.4 Å². The molecule has 0 aromatic heterocycles. The summed E-state index contributed by atoms with van der Waals surface area (Å²) in [6.45, 7) is 5.89. The number of ketones is 1. The number of nitrogens with one attached hydrogen (secondary N) is 1. The fourth-order valence-electron chi connectivity index (χ4n) is 12.0. The van der Waals surface area contributed by atoms with Gasteiger partial charge in [-0.3, -0.25) is 4.79 Å². The van der Waals surface area contributed by atoms with E-state index in [1.165, 1.54) is 6.42 Å². The number of nitrogens with zero attached hydrogens (tertiary/aromatic N) is 1. The molecule has 8 atom stereocenters. The van der Waals surface area contributed by atoms with E-state index in [0.717, 1.165) is 69.1 Å². The average Bonchev–Trinajstić information content (AvgIpc) is 3.38. The summed E-state index contributed by atoms with van der Waals surface area (Å²) in [7, 11) is 3.28. The number of hydrogen-bond donors (Lipinski definition) is 3. The minimum absolute atomic E-state index is 0.0518. The molecule has 49 heavy (non-hydrogen) atoms. The van der Waals surface area contributed by atoms with Crippen molar-refractivity contribution in [3.8, 4) is 5.75 Å². The summed E-state index contributed by atoms with van der Waals surface area (Å²) in [5.41, 5.74) is -0.763. The van der Waals surface area contributed by atoms with Gasteiger partial charge in [-0.25, -0.2) is 4.79 Å². The van der Waals surface area contributed by atoms with Crippen molar-refractivity contribution < 1.29 is 29.3 Å². The Bertz CT molecular complexity index is 1480. The molecule has 0 saturated heterocycles. The van der Waals surface area contributed by atoms with E-state index in [4.69, 9.17) is 9.47 Å². The Morgan fingerprint density at radius 2 is 1.61 bits per heavy atom. The predicted molar refractivity (Wildman–Crippen MR) is 190 cm³/mol. The van der Waals surface area contributed by atoms with Crippen molar-refractivity contribution in [1.82, 2.24) is 4.90 Å². The zero-order chi connectivity index (χ0) is 34.7. The van der Waals surface area contributed by atoms with E-state index in [1.807, 2.05) is 24.3 Å². The van der Waals surface area contributed by atoms with Crippen LogP contribution in [0, 0.1) is 39.4 Å². The quantitative estimate of drug-likeness (QED) is 0.178. The van der Waals surface area contributed by atoms with Gasteiger partial charge in [0.2, 0.25) is 0 Å². The monoisotopic (exact) mass is 674 g/mol. The molecule has 8 rings (SSSR count). The minimum atomic E-state index is -1.12. The highest BCUT2D eigenvalue weighted by Gasteiger charge is 2.74. The molecule has 7 aliphatic carbocycles. The third kappa shape index (κ3) is 5.33.